The number of hydrogen-bond donors (Lipinski definition) is 0. The lowest BCUT2D eigenvalue weighted by Crippen LogP contribution is -2.46. The molecule has 0 saturated heterocycles. The van der Waals surface area contributed by atoms with E-state index in [2.05, 4.69) is 62.7 Å². The van der Waals surface area contributed by atoms with Gasteiger partial charge in [0.1, 0.15) is 0 Å². The quantitative estimate of drug-likeness (QED) is 0.352. The summed E-state index contributed by atoms with van der Waals surface area (Å²) < 4.78 is 0. The van der Waals surface area contributed by atoms with E-state index in [-0.39, 0.29) is 10.8 Å². The Morgan fingerprint density at radius 3 is 1.41 bits per heavy atom. The van der Waals surface area contributed by atoms with Gasteiger partial charge in [0.05, 0.1) is 0 Å². The molecule has 0 atom stereocenters. The summed E-state index contributed by atoms with van der Waals surface area (Å²) in [6.07, 6.45) is 12.6. The van der Waals surface area contributed by atoms with Crippen LogP contribution in [0.3, 0.4) is 0 Å². The number of allylic oxidation sites excluding steroid dienone is 4. The van der Waals surface area contributed by atoms with Crippen molar-refractivity contribution in [1.29, 1.82) is 0 Å². The van der Waals surface area contributed by atoms with Crippen LogP contribution in [0.2, 0.25) is 0 Å². The van der Waals surface area contributed by atoms with E-state index in [1.54, 1.807) is 0 Å². The zero-order chi connectivity index (χ0) is 19.6. The Morgan fingerprint density at radius 1 is 0.667 bits per heavy atom. The lowest BCUT2D eigenvalue weighted by atomic mass is 9.51. The highest BCUT2D eigenvalue weighted by Gasteiger charge is 2.50. The highest BCUT2D eigenvalue weighted by molar-refractivity contribution is 5.43. The van der Waals surface area contributed by atoms with Gasteiger partial charge in [-0.1, -0.05) is 72.8 Å². The van der Waals surface area contributed by atoms with Crippen molar-refractivity contribution in [3.8, 4) is 0 Å². The summed E-state index contributed by atoms with van der Waals surface area (Å²) in [5.41, 5.74) is 2.26. The van der Waals surface area contributed by atoms with Crippen LogP contribution in [0.1, 0.15) is 43.2 Å². The third kappa shape index (κ3) is 4.06. The molecule has 0 heterocycles. The van der Waals surface area contributed by atoms with E-state index in [4.69, 9.17) is 0 Å². The Kier molecular flexibility index (Phi) is 7.61. The lowest BCUT2D eigenvalue weighted by Gasteiger charge is -2.52. The maximum atomic E-state index is 4.09. The van der Waals surface area contributed by atoms with Crippen LogP contribution in [0.5, 0.6) is 0 Å². The first-order chi connectivity index (χ1) is 13.2. The number of rotatable bonds is 12. The highest BCUT2D eigenvalue weighted by atomic mass is 14.5. The maximum Gasteiger partial charge on any atom is 0.0270 e. The molecule has 0 fully saturated rings. The smallest absolute Gasteiger partial charge is 0.0270 e. The molecule has 0 nitrogen and oxygen atoms in total. The minimum atomic E-state index is -0.220. The third-order valence-electron chi connectivity index (χ3n) is 5.66. The van der Waals surface area contributed by atoms with Gasteiger partial charge in [0.25, 0.3) is 0 Å². The van der Waals surface area contributed by atoms with Gasteiger partial charge in [0.2, 0.25) is 0 Å². The molecule has 2 rings (SSSR count). The van der Waals surface area contributed by atoms with Gasteiger partial charge in [-0.25, -0.2) is 0 Å². The van der Waals surface area contributed by atoms with Crippen LogP contribution in [0.15, 0.2) is 99.2 Å². The van der Waals surface area contributed by atoms with E-state index in [1.165, 1.54) is 11.1 Å². The first-order valence-corrected chi connectivity index (χ1v) is 9.57. The predicted molar refractivity (Wildman–Crippen MR) is 118 cm³/mol. The van der Waals surface area contributed by atoms with Crippen molar-refractivity contribution in [2.75, 3.05) is 0 Å². The Bertz CT molecular complexity index is 670. The van der Waals surface area contributed by atoms with Gasteiger partial charge in [-0.05, 0) is 60.8 Å². The predicted octanol–water partition coefficient (Wildman–Crippen LogP) is 7.25. The molecule has 0 spiro atoms. The molecule has 0 amide bonds. The van der Waals surface area contributed by atoms with E-state index in [0.29, 0.717) is 0 Å². The monoisotopic (exact) mass is 354 g/mol. The third-order valence-corrected chi connectivity index (χ3v) is 5.66. The molecule has 2 aromatic carbocycles. The summed E-state index contributed by atoms with van der Waals surface area (Å²) >= 11 is 0. The summed E-state index contributed by atoms with van der Waals surface area (Å²) in [4.78, 5) is 0. The standard InChI is InChI=1S/C27H30/c1-5-9-23-27(24-16-12-10-13-17-24,25-18-14-11-15-19-25)26(20-6-2,21-7-3)22-8-4/h5-8,12-19H,1-4,9,20-23H2. The van der Waals surface area contributed by atoms with Crippen molar-refractivity contribution < 1.29 is 0 Å². The van der Waals surface area contributed by atoms with E-state index >= 15 is 0 Å². The van der Waals surface area contributed by atoms with E-state index < -0.39 is 0 Å². The van der Waals surface area contributed by atoms with Crippen molar-refractivity contribution in [2.24, 2.45) is 5.41 Å². The van der Waals surface area contributed by atoms with Crippen molar-refractivity contribution in [1.82, 2.24) is 0 Å². The molecule has 2 aromatic rings. The van der Waals surface area contributed by atoms with Crippen LogP contribution < -0.4 is 0 Å². The van der Waals surface area contributed by atoms with Gasteiger partial charge in [-0.3, -0.25) is 0 Å². The average Bonchev–Trinajstić information content (AvgIpc) is 2.71. The highest BCUT2D eigenvalue weighted by Crippen LogP contribution is 2.56. The van der Waals surface area contributed by atoms with E-state index in [9.17, 15) is 0 Å². The molecule has 0 bridgehead atoms. The second-order valence-corrected chi connectivity index (χ2v) is 7.07. The summed E-state index contributed by atoms with van der Waals surface area (Å²) in [6.45, 7) is 16.3. The van der Waals surface area contributed by atoms with Crippen LogP contribution >= 0.6 is 0 Å². The largest absolute Gasteiger partial charge is 0.103 e. The first kappa shape index (κ1) is 20.7. The fourth-order valence-corrected chi connectivity index (χ4v) is 4.60. The van der Waals surface area contributed by atoms with E-state index in [0.717, 1.165) is 32.1 Å². The molecule has 27 heavy (non-hydrogen) atoms. The second-order valence-electron chi connectivity index (χ2n) is 7.07. The van der Waals surface area contributed by atoms with Gasteiger partial charge in [0, 0.05) is 5.41 Å². The van der Waals surface area contributed by atoms with E-state index in [1.807, 2.05) is 48.6 Å². The lowest BCUT2D eigenvalue weighted by molar-refractivity contribution is 0.145. The van der Waals surface area contributed by atoms with Crippen LogP contribution in [-0.2, 0) is 5.41 Å². The molecule has 0 aliphatic carbocycles. The summed E-state index contributed by atoms with van der Waals surface area (Å²) in [5.74, 6) is 0. The van der Waals surface area contributed by atoms with Crippen molar-refractivity contribution in [3.63, 3.8) is 0 Å². The maximum absolute atomic E-state index is 4.09. The van der Waals surface area contributed by atoms with Crippen LogP contribution in [0.25, 0.3) is 0 Å². The molecule has 138 valence electrons. The SMILES string of the molecule is C=CCCC(c1cc[c]cc1)(c1cc[c]cc1)C(CC=C)(CC=C)CC=C. The second kappa shape index (κ2) is 9.92. The number of benzene rings is 2. The Labute approximate surface area is 165 Å². The van der Waals surface area contributed by atoms with Crippen molar-refractivity contribution in [3.05, 3.63) is 122 Å². The fraction of sp³-hybridized carbons (Fsp3) is 0.259. The molecule has 0 aromatic heterocycles. The number of hydrogen-bond acceptors (Lipinski definition) is 0. The molecular weight excluding hydrogens is 324 g/mol. The normalized spacial score (nSPS) is 11.6. The minimum Gasteiger partial charge on any atom is -0.103 e. The van der Waals surface area contributed by atoms with Crippen molar-refractivity contribution >= 4 is 0 Å². The van der Waals surface area contributed by atoms with Crippen LogP contribution in [0.4, 0.5) is 0 Å². The molecule has 0 heteroatoms. The Balaban J connectivity index is 2.90. The van der Waals surface area contributed by atoms with Crippen LogP contribution in [0, 0.1) is 17.5 Å². The van der Waals surface area contributed by atoms with Gasteiger partial charge in [0.15, 0.2) is 0 Å². The zero-order valence-corrected chi connectivity index (χ0v) is 16.3. The fourth-order valence-electron chi connectivity index (χ4n) is 4.60. The molecule has 0 saturated carbocycles. The molecule has 0 aliphatic heterocycles. The molecule has 0 unspecified atom stereocenters. The van der Waals surface area contributed by atoms with Gasteiger partial charge in [-0.15, -0.1) is 26.3 Å². The Morgan fingerprint density at radius 2 is 1.07 bits per heavy atom. The van der Waals surface area contributed by atoms with Gasteiger partial charge in [-0.2, -0.15) is 0 Å². The summed E-state index contributed by atoms with van der Waals surface area (Å²) in [6, 6.07) is 23.2. The van der Waals surface area contributed by atoms with Gasteiger partial charge >= 0.3 is 0 Å². The summed E-state index contributed by atoms with van der Waals surface area (Å²) in [7, 11) is 0. The van der Waals surface area contributed by atoms with Crippen molar-refractivity contribution in [2.45, 2.75) is 37.5 Å². The molecular formula is C27H30. The van der Waals surface area contributed by atoms with Gasteiger partial charge < -0.3 is 0 Å². The Hall–Kier alpha value is -2.60. The summed E-state index contributed by atoms with van der Waals surface area (Å²) in [5, 5.41) is 0. The zero-order valence-electron chi connectivity index (χ0n) is 16.3. The minimum absolute atomic E-state index is 0.107. The molecule has 0 aliphatic rings. The van der Waals surface area contributed by atoms with Crippen LogP contribution in [-0.4, -0.2) is 0 Å². The average molecular weight is 355 g/mol. The first-order valence-electron chi connectivity index (χ1n) is 9.57. The molecule has 2 radical (unpaired) electrons. The topological polar surface area (TPSA) is 0 Å². The molecule has 0 N–H and O–H groups in total.